The Morgan fingerprint density at radius 3 is 2.42 bits per heavy atom. The Hall–Kier alpha value is -1.84. The molecule has 0 aromatic heterocycles. The molecule has 0 fully saturated rings. The van der Waals surface area contributed by atoms with E-state index in [0.29, 0.717) is 13.0 Å². The lowest BCUT2D eigenvalue weighted by Gasteiger charge is -2.13. The molecule has 0 saturated heterocycles. The molecular formula is C16H19NO2. The van der Waals surface area contributed by atoms with Gasteiger partial charge in [-0.2, -0.15) is 0 Å². The number of hydrogen-bond donors (Lipinski definition) is 2. The molecule has 3 nitrogen and oxygen atoms in total. The molecule has 0 saturated carbocycles. The minimum Gasteiger partial charge on any atom is -0.493 e. The van der Waals surface area contributed by atoms with Gasteiger partial charge in [0.2, 0.25) is 0 Å². The lowest BCUT2D eigenvalue weighted by Crippen LogP contribution is -2.26. The molecule has 0 bridgehead atoms. The van der Waals surface area contributed by atoms with Gasteiger partial charge in [-0.05, 0) is 18.1 Å². The van der Waals surface area contributed by atoms with Crippen molar-refractivity contribution in [1.29, 1.82) is 0 Å². The van der Waals surface area contributed by atoms with Gasteiger partial charge in [0.25, 0.3) is 0 Å². The number of para-hydroxylation sites is 1. The zero-order valence-corrected chi connectivity index (χ0v) is 10.8. The first-order valence-corrected chi connectivity index (χ1v) is 6.45. The topological polar surface area (TPSA) is 55.5 Å². The van der Waals surface area contributed by atoms with Crippen molar-refractivity contribution in [3.8, 4) is 16.9 Å². The van der Waals surface area contributed by atoms with Gasteiger partial charge in [0.1, 0.15) is 5.75 Å². The minimum absolute atomic E-state index is 0.0102. The summed E-state index contributed by atoms with van der Waals surface area (Å²) < 4.78 is 5.77. The highest BCUT2D eigenvalue weighted by atomic mass is 16.5. The van der Waals surface area contributed by atoms with Gasteiger partial charge in [0.15, 0.2) is 0 Å². The van der Waals surface area contributed by atoms with Crippen LogP contribution in [0.15, 0.2) is 54.6 Å². The van der Waals surface area contributed by atoms with Gasteiger partial charge < -0.3 is 15.6 Å². The molecule has 3 heteroatoms. The summed E-state index contributed by atoms with van der Waals surface area (Å²) in [7, 11) is 0. The van der Waals surface area contributed by atoms with Gasteiger partial charge in [-0.15, -0.1) is 0 Å². The maximum atomic E-state index is 8.88. The van der Waals surface area contributed by atoms with Crippen LogP contribution in [0.3, 0.4) is 0 Å². The zero-order chi connectivity index (χ0) is 13.5. The Morgan fingerprint density at radius 1 is 1.00 bits per heavy atom. The molecule has 2 aromatic rings. The van der Waals surface area contributed by atoms with Crippen LogP contribution < -0.4 is 10.5 Å². The van der Waals surface area contributed by atoms with E-state index >= 15 is 0 Å². The van der Waals surface area contributed by atoms with Crippen LogP contribution in [-0.2, 0) is 0 Å². The average molecular weight is 257 g/mol. The lowest BCUT2D eigenvalue weighted by molar-refractivity contribution is 0.230. The molecule has 0 aliphatic heterocycles. The smallest absolute Gasteiger partial charge is 0.127 e. The summed E-state index contributed by atoms with van der Waals surface area (Å²) in [5, 5.41) is 8.88. The molecule has 0 amide bonds. The van der Waals surface area contributed by atoms with Crippen molar-refractivity contribution < 1.29 is 9.84 Å². The molecular weight excluding hydrogens is 238 g/mol. The molecule has 100 valence electrons. The predicted molar refractivity (Wildman–Crippen MR) is 77.1 cm³/mol. The van der Waals surface area contributed by atoms with Crippen molar-refractivity contribution in [1.82, 2.24) is 0 Å². The summed E-state index contributed by atoms with van der Waals surface area (Å²) in [6, 6.07) is 17.8. The Balaban J connectivity index is 2.09. The number of aliphatic hydroxyl groups excluding tert-OH is 1. The number of rotatable bonds is 6. The van der Waals surface area contributed by atoms with E-state index < -0.39 is 0 Å². The SMILES string of the molecule is NC(CO)CCOc1ccccc1-c1ccccc1. The second kappa shape index (κ2) is 6.92. The van der Waals surface area contributed by atoms with Crippen LogP contribution >= 0.6 is 0 Å². The largest absolute Gasteiger partial charge is 0.493 e. The summed E-state index contributed by atoms with van der Waals surface area (Å²) in [5.41, 5.74) is 7.86. The Labute approximate surface area is 113 Å². The van der Waals surface area contributed by atoms with E-state index in [-0.39, 0.29) is 12.6 Å². The van der Waals surface area contributed by atoms with Crippen LogP contribution in [0.4, 0.5) is 0 Å². The second-order valence-electron chi connectivity index (χ2n) is 4.44. The van der Waals surface area contributed by atoms with E-state index in [1.807, 2.05) is 42.5 Å². The molecule has 0 aliphatic rings. The van der Waals surface area contributed by atoms with E-state index in [9.17, 15) is 0 Å². The highest BCUT2D eigenvalue weighted by Gasteiger charge is 2.06. The number of ether oxygens (including phenoxy) is 1. The van der Waals surface area contributed by atoms with Crippen LogP contribution in [-0.4, -0.2) is 24.4 Å². The average Bonchev–Trinajstić information content (AvgIpc) is 2.48. The van der Waals surface area contributed by atoms with E-state index in [1.54, 1.807) is 0 Å². The van der Waals surface area contributed by atoms with Crippen molar-refractivity contribution in [3.63, 3.8) is 0 Å². The van der Waals surface area contributed by atoms with Crippen LogP contribution in [0.1, 0.15) is 6.42 Å². The minimum atomic E-state index is -0.219. The zero-order valence-electron chi connectivity index (χ0n) is 10.8. The Morgan fingerprint density at radius 2 is 1.68 bits per heavy atom. The van der Waals surface area contributed by atoms with Gasteiger partial charge >= 0.3 is 0 Å². The second-order valence-corrected chi connectivity index (χ2v) is 4.44. The van der Waals surface area contributed by atoms with E-state index in [0.717, 1.165) is 16.9 Å². The van der Waals surface area contributed by atoms with Crippen molar-refractivity contribution in [3.05, 3.63) is 54.6 Å². The summed E-state index contributed by atoms with van der Waals surface area (Å²) in [5.74, 6) is 0.846. The molecule has 0 spiro atoms. The number of aliphatic hydroxyl groups is 1. The summed E-state index contributed by atoms with van der Waals surface area (Å²) in [6.45, 7) is 0.495. The van der Waals surface area contributed by atoms with Gasteiger partial charge in [-0.1, -0.05) is 48.5 Å². The van der Waals surface area contributed by atoms with Crippen LogP contribution in [0.25, 0.3) is 11.1 Å². The van der Waals surface area contributed by atoms with Crippen LogP contribution in [0, 0.1) is 0 Å². The van der Waals surface area contributed by atoms with Gasteiger partial charge in [0, 0.05) is 11.6 Å². The lowest BCUT2D eigenvalue weighted by atomic mass is 10.1. The van der Waals surface area contributed by atoms with Crippen LogP contribution in [0.5, 0.6) is 5.75 Å². The third-order valence-electron chi connectivity index (χ3n) is 2.95. The van der Waals surface area contributed by atoms with Crippen molar-refractivity contribution >= 4 is 0 Å². The summed E-state index contributed by atoms with van der Waals surface area (Å²) in [6.07, 6.45) is 0.639. The normalized spacial score (nSPS) is 12.1. The van der Waals surface area contributed by atoms with E-state index in [1.165, 1.54) is 0 Å². The predicted octanol–water partition coefficient (Wildman–Crippen LogP) is 2.44. The van der Waals surface area contributed by atoms with Gasteiger partial charge in [0.05, 0.1) is 13.2 Å². The molecule has 1 atom stereocenters. The van der Waals surface area contributed by atoms with E-state index in [2.05, 4.69) is 12.1 Å². The maximum absolute atomic E-state index is 8.88. The quantitative estimate of drug-likeness (QED) is 0.835. The fraction of sp³-hybridized carbons (Fsp3) is 0.250. The third-order valence-corrected chi connectivity index (χ3v) is 2.95. The van der Waals surface area contributed by atoms with Gasteiger partial charge in [-0.25, -0.2) is 0 Å². The van der Waals surface area contributed by atoms with Gasteiger partial charge in [-0.3, -0.25) is 0 Å². The fourth-order valence-electron chi connectivity index (χ4n) is 1.86. The molecule has 2 rings (SSSR count). The first-order chi connectivity index (χ1) is 9.31. The molecule has 19 heavy (non-hydrogen) atoms. The molecule has 0 radical (unpaired) electrons. The maximum Gasteiger partial charge on any atom is 0.127 e. The molecule has 0 heterocycles. The highest BCUT2D eigenvalue weighted by molar-refractivity contribution is 5.70. The molecule has 0 aliphatic carbocycles. The Bertz CT molecular complexity index is 499. The molecule has 3 N–H and O–H groups in total. The van der Waals surface area contributed by atoms with Crippen molar-refractivity contribution in [2.45, 2.75) is 12.5 Å². The van der Waals surface area contributed by atoms with Crippen molar-refractivity contribution in [2.75, 3.05) is 13.2 Å². The fourth-order valence-corrected chi connectivity index (χ4v) is 1.86. The summed E-state index contributed by atoms with van der Waals surface area (Å²) >= 11 is 0. The standard InChI is InChI=1S/C16H19NO2/c17-14(12-18)10-11-19-16-9-5-4-8-15(16)13-6-2-1-3-7-13/h1-9,14,18H,10-12,17H2. The van der Waals surface area contributed by atoms with Crippen molar-refractivity contribution in [2.24, 2.45) is 5.73 Å². The molecule has 1 unspecified atom stereocenters. The Kier molecular flexibility index (Phi) is 4.95. The monoisotopic (exact) mass is 257 g/mol. The third kappa shape index (κ3) is 3.81. The first kappa shape index (κ1) is 13.6. The molecule has 2 aromatic carbocycles. The highest BCUT2D eigenvalue weighted by Crippen LogP contribution is 2.29. The number of benzene rings is 2. The number of hydrogen-bond acceptors (Lipinski definition) is 3. The number of nitrogens with two attached hydrogens (primary N) is 1. The first-order valence-electron chi connectivity index (χ1n) is 6.45. The van der Waals surface area contributed by atoms with E-state index in [4.69, 9.17) is 15.6 Å². The summed E-state index contributed by atoms with van der Waals surface area (Å²) in [4.78, 5) is 0. The van der Waals surface area contributed by atoms with Crippen LogP contribution in [0.2, 0.25) is 0 Å².